The van der Waals surface area contributed by atoms with Crippen molar-refractivity contribution >= 4 is 21.4 Å². The molecular weight excluding hydrogens is 380 g/mol. The molecule has 0 bridgehead atoms. The second-order valence-electron chi connectivity index (χ2n) is 5.95. The average Bonchev–Trinajstić information content (AvgIpc) is 2.72. The van der Waals surface area contributed by atoms with E-state index >= 15 is 0 Å². The molecule has 0 heterocycles. The molecule has 0 aliphatic carbocycles. The van der Waals surface area contributed by atoms with Crippen LogP contribution < -0.4 is 9.04 Å². The molecule has 0 spiro atoms. The molecule has 3 aromatic carbocycles. The van der Waals surface area contributed by atoms with Gasteiger partial charge < -0.3 is 4.74 Å². The number of rotatable bonds is 7. The first-order valence-electron chi connectivity index (χ1n) is 8.37. The Morgan fingerprint density at radius 3 is 2.36 bits per heavy atom. The predicted molar refractivity (Wildman–Crippen MR) is 106 cm³/mol. The lowest BCUT2D eigenvalue weighted by molar-refractivity contribution is -0.385. The fourth-order valence-corrected chi connectivity index (χ4v) is 4.20. The summed E-state index contributed by atoms with van der Waals surface area (Å²) >= 11 is 0. The first-order chi connectivity index (χ1) is 13.4. The topological polar surface area (TPSA) is 89.8 Å². The van der Waals surface area contributed by atoms with E-state index in [0.29, 0.717) is 11.4 Å². The average molecular weight is 398 g/mol. The zero-order chi connectivity index (χ0) is 20.1. The minimum absolute atomic E-state index is 0.0685. The molecule has 0 aromatic heterocycles. The molecule has 8 heteroatoms. The number of hydrogen-bond acceptors (Lipinski definition) is 5. The van der Waals surface area contributed by atoms with Crippen molar-refractivity contribution in [2.75, 3.05) is 11.4 Å². The van der Waals surface area contributed by atoms with Crippen LogP contribution in [0.2, 0.25) is 0 Å². The highest BCUT2D eigenvalue weighted by molar-refractivity contribution is 7.92. The molecular formula is C20H18N2O5S. The molecule has 3 rings (SSSR count). The molecule has 0 N–H and O–H groups in total. The number of methoxy groups -OCH3 is 1. The van der Waals surface area contributed by atoms with Crippen molar-refractivity contribution in [2.24, 2.45) is 0 Å². The molecule has 0 aliphatic rings. The lowest BCUT2D eigenvalue weighted by Crippen LogP contribution is -2.30. The van der Waals surface area contributed by atoms with Crippen LogP contribution in [-0.4, -0.2) is 20.5 Å². The Morgan fingerprint density at radius 2 is 1.68 bits per heavy atom. The van der Waals surface area contributed by atoms with Crippen LogP contribution in [0.15, 0.2) is 83.8 Å². The molecule has 144 valence electrons. The quantitative estimate of drug-likeness (QED) is 0.443. The van der Waals surface area contributed by atoms with E-state index in [9.17, 15) is 18.5 Å². The van der Waals surface area contributed by atoms with Gasteiger partial charge in [0, 0.05) is 18.2 Å². The number of nitro benzene ring substituents is 1. The fourth-order valence-electron chi connectivity index (χ4n) is 2.71. The smallest absolute Gasteiger partial charge is 0.270 e. The number of anilines is 1. The maximum Gasteiger partial charge on any atom is 0.270 e. The van der Waals surface area contributed by atoms with Gasteiger partial charge in [-0.15, -0.1) is 0 Å². The highest BCUT2D eigenvalue weighted by atomic mass is 32.2. The summed E-state index contributed by atoms with van der Waals surface area (Å²) in [5, 5.41) is 11.1. The zero-order valence-corrected chi connectivity index (χ0v) is 15.9. The van der Waals surface area contributed by atoms with Crippen molar-refractivity contribution in [3.8, 4) is 5.75 Å². The van der Waals surface area contributed by atoms with E-state index in [1.807, 2.05) is 30.3 Å². The van der Waals surface area contributed by atoms with Gasteiger partial charge in [0.25, 0.3) is 15.7 Å². The highest BCUT2D eigenvalue weighted by Gasteiger charge is 2.27. The van der Waals surface area contributed by atoms with Crippen LogP contribution in [-0.2, 0) is 16.6 Å². The minimum atomic E-state index is -4.06. The van der Waals surface area contributed by atoms with Gasteiger partial charge in [-0.1, -0.05) is 42.5 Å². The number of nitro groups is 1. The van der Waals surface area contributed by atoms with Gasteiger partial charge in [0.2, 0.25) is 0 Å². The predicted octanol–water partition coefficient (Wildman–Crippen LogP) is 4.00. The number of nitrogens with zero attached hydrogens (tertiary/aromatic N) is 2. The molecule has 7 nitrogen and oxygen atoms in total. The normalized spacial score (nSPS) is 11.0. The van der Waals surface area contributed by atoms with Crippen LogP contribution in [0.5, 0.6) is 5.75 Å². The van der Waals surface area contributed by atoms with E-state index in [4.69, 9.17) is 4.74 Å². The van der Waals surface area contributed by atoms with Crippen LogP contribution in [0.25, 0.3) is 0 Å². The van der Waals surface area contributed by atoms with Gasteiger partial charge in [0.15, 0.2) is 0 Å². The van der Waals surface area contributed by atoms with Crippen molar-refractivity contribution < 1.29 is 18.1 Å². The summed E-state index contributed by atoms with van der Waals surface area (Å²) in [4.78, 5) is 10.3. The lowest BCUT2D eigenvalue weighted by atomic mass is 10.2. The molecule has 0 atom stereocenters. The van der Waals surface area contributed by atoms with Gasteiger partial charge in [-0.05, 0) is 23.8 Å². The fraction of sp³-hybridized carbons (Fsp3) is 0.100. The first kappa shape index (κ1) is 19.4. The maximum atomic E-state index is 13.4. The van der Waals surface area contributed by atoms with E-state index < -0.39 is 14.9 Å². The standard InChI is InChI=1S/C20H18N2O5S/c1-27-19-11-5-9-17(13-19)21(15-16-7-3-2-4-8-16)28(25,26)20-12-6-10-18(14-20)22(23)24/h2-14H,15H2,1H3. The minimum Gasteiger partial charge on any atom is -0.497 e. The van der Waals surface area contributed by atoms with E-state index in [0.717, 1.165) is 11.6 Å². The van der Waals surface area contributed by atoms with E-state index in [1.54, 1.807) is 24.3 Å². The number of sulfonamides is 1. The number of ether oxygens (including phenoxy) is 1. The first-order valence-corrected chi connectivity index (χ1v) is 9.81. The summed E-state index contributed by atoms with van der Waals surface area (Å²) in [6.07, 6.45) is 0. The molecule has 3 aromatic rings. The van der Waals surface area contributed by atoms with E-state index in [-0.39, 0.29) is 17.1 Å². The summed E-state index contributed by atoms with van der Waals surface area (Å²) in [7, 11) is -2.56. The van der Waals surface area contributed by atoms with Gasteiger partial charge >= 0.3 is 0 Å². The summed E-state index contributed by atoms with van der Waals surface area (Å²) in [5.41, 5.74) is 0.889. The molecule has 0 unspecified atom stereocenters. The zero-order valence-electron chi connectivity index (χ0n) is 15.1. The monoisotopic (exact) mass is 398 g/mol. The van der Waals surface area contributed by atoms with Crippen LogP contribution in [0.3, 0.4) is 0 Å². The number of hydrogen-bond donors (Lipinski definition) is 0. The van der Waals surface area contributed by atoms with Gasteiger partial charge in [0.1, 0.15) is 5.75 Å². The van der Waals surface area contributed by atoms with Gasteiger partial charge in [-0.3, -0.25) is 14.4 Å². The Morgan fingerprint density at radius 1 is 0.964 bits per heavy atom. The molecule has 0 saturated heterocycles. The summed E-state index contributed by atoms with van der Waals surface area (Å²) < 4.78 is 33.2. The van der Waals surface area contributed by atoms with Crippen molar-refractivity contribution in [1.29, 1.82) is 0 Å². The van der Waals surface area contributed by atoms with Crippen molar-refractivity contribution in [3.05, 3.63) is 94.5 Å². The largest absolute Gasteiger partial charge is 0.497 e. The van der Waals surface area contributed by atoms with Gasteiger partial charge in [0.05, 0.1) is 29.2 Å². The molecule has 0 amide bonds. The van der Waals surface area contributed by atoms with E-state index in [1.165, 1.54) is 29.6 Å². The molecule has 0 saturated carbocycles. The lowest BCUT2D eigenvalue weighted by Gasteiger charge is -2.25. The van der Waals surface area contributed by atoms with Crippen LogP contribution in [0.1, 0.15) is 5.56 Å². The van der Waals surface area contributed by atoms with Gasteiger partial charge in [-0.25, -0.2) is 8.42 Å². The number of non-ortho nitro benzene ring substituents is 1. The summed E-state index contributed by atoms with van der Waals surface area (Å²) in [6.45, 7) is 0.0685. The van der Waals surface area contributed by atoms with E-state index in [2.05, 4.69) is 0 Å². The summed E-state index contributed by atoms with van der Waals surface area (Å²) in [5.74, 6) is 0.504. The summed E-state index contributed by atoms with van der Waals surface area (Å²) in [6, 6.07) is 20.8. The Bertz CT molecular complexity index is 1080. The van der Waals surface area contributed by atoms with Crippen LogP contribution in [0.4, 0.5) is 11.4 Å². The maximum absolute atomic E-state index is 13.4. The number of benzene rings is 3. The second-order valence-corrected chi connectivity index (χ2v) is 7.82. The van der Waals surface area contributed by atoms with Crippen LogP contribution >= 0.6 is 0 Å². The van der Waals surface area contributed by atoms with Gasteiger partial charge in [-0.2, -0.15) is 0 Å². The third-order valence-corrected chi connectivity index (χ3v) is 5.90. The SMILES string of the molecule is COc1cccc(N(Cc2ccccc2)S(=O)(=O)c2cccc([N+](=O)[O-])c2)c1. The Labute approximate surface area is 163 Å². The molecule has 0 aliphatic heterocycles. The second kappa shape index (κ2) is 8.10. The van der Waals surface area contributed by atoms with Crippen LogP contribution in [0, 0.1) is 10.1 Å². The highest BCUT2D eigenvalue weighted by Crippen LogP contribution is 2.30. The molecule has 0 radical (unpaired) electrons. The Kier molecular flexibility index (Phi) is 5.60. The third kappa shape index (κ3) is 4.12. The Hall–Kier alpha value is -3.39. The Balaban J connectivity index is 2.11. The van der Waals surface area contributed by atoms with Crippen molar-refractivity contribution in [1.82, 2.24) is 0 Å². The van der Waals surface area contributed by atoms with Crippen molar-refractivity contribution in [3.63, 3.8) is 0 Å². The molecule has 0 fully saturated rings. The van der Waals surface area contributed by atoms with Crippen molar-refractivity contribution in [2.45, 2.75) is 11.4 Å². The third-order valence-electron chi connectivity index (χ3n) is 4.13. The molecule has 28 heavy (non-hydrogen) atoms.